The zero-order valence-electron chi connectivity index (χ0n) is 15.5. The molecule has 7 heteroatoms. The summed E-state index contributed by atoms with van der Waals surface area (Å²) in [5.41, 5.74) is 3.07. The van der Waals surface area contributed by atoms with Crippen molar-refractivity contribution in [3.8, 4) is 0 Å². The number of fused-ring (bicyclic) bond motifs is 2. The first kappa shape index (κ1) is 18.0. The van der Waals surface area contributed by atoms with Gasteiger partial charge in [0.1, 0.15) is 0 Å². The fraction of sp³-hybridized carbons (Fsp3) is 0.286. The molecule has 144 valence electrons. The number of para-hydroxylation sites is 3. The fourth-order valence-electron chi connectivity index (χ4n) is 3.66. The fourth-order valence-corrected chi connectivity index (χ4v) is 3.66. The molecule has 0 fully saturated rings. The molecule has 0 N–H and O–H groups in total. The minimum absolute atomic E-state index is 0.0249. The van der Waals surface area contributed by atoms with E-state index in [1.807, 2.05) is 31.2 Å². The Balaban J connectivity index is 1.35. The number of rotatable bonds is 5. The predicted octanol–water partition coefficient (Wildman–Crippen LogP) is 2.51. The third-order valence-corrected chi connectivity index (χ3v) is 4.95. The molecule has 0 aliphatic carbocycles. The van der Waals surface area contributed by atoms with Crippen molar-refractivity contribution in [1.29, 1.82) is 0 Å². The van der Waals surface area contributed by atoms with Crippen LogP contribution in [0.15, 0.2) is 57.7 Å². The van der Waals surface area contributed by atoms with Gasteiger partial charge in [-0.05, 0) is 37.1 Å². The zero-order valence-corrected chi connectivity index (χ0v) is 15.5. The predicted molar refractivity (Wildman–Crippen MR) is 103 cm³/mol. The topological polar surface area (TPSA) is 81.8 Å². The van der Waals surface area contributed by atoms with Gasteiger partial charge in [-0.25, -0.2) is 4.79 Å². The average molecular weight is 380 g/mol. The Hall–Kier alpha value is -3.35. The Morgan fingerprint density at radius 3 is 2.75 bits per heavy atom. The van der Waals surface area contributed by atoms with E-state index in [-0.39, 0.29) is 31.5 Å². The van der Waals surface area contributed by atoms with Crippen molar-refractivity contribution in [2.45, 2.75) is 32.4 Å². The molecule has 7 nitrogen and oxygen atoms in total. The average Bonchev–Trinajstić information content (AvgIpc) is 3.19. The first-order valence-electron chi connectivity index (χ1n) is 9.18. The van der Waals surface area contributed by atoms with Gasteiger partial charge in [0.25, 0.3) is 5.91 Å². The number of nitrogens with zero attached hydrogens (tertiary/aromatic N) is 2. The number of esters is 1. The lowest BCUT2D eigenvalue weighted by atomic mass is 10.1. The maximum absolute atomic E-state index is 12.6. The number of ether oxygens (including phenoxy) is 1. The first-order valence-corrected chi connectivity index (χ1v) is 9.18. The van der Waals surface area contributed by atoms with Crippen molar-refractivity contribution in [3.05, 3.63) is 64.6 Å². The monoisotopic (exact) mass is 380 g/mol. The molecule has 0 saturated carbocycles. The molecule has 0 spiro atoms. The number of oxazole rings is 1. The molecule has 1 aliphatic heterocycles. The van der Waals surface area contributed by atoms with Crippen LogP contribution in [0.3, 0.4) is 0 Å². The van der Waals surface area contributed by atoms with E-state index in [9.17, 15) is 14.4 Å². The highest BCUT2D eigenvalue weighted by Crippen LogP contribution is 2.31. The minimum atomic E-state index is -0.536. The Kier molecular flexibility index (Phi) is 4.73. The van der Waals surface area contributed by atoms with Crippen molar-refractivity contribution in [3.63, 3.8) is 0 Å². The number of aromatic nitrogens is 1. The van der Waals surface area contributed by atoms with Crippen LogP contribution in [0.5, 0.6) is 0 Å². The van der Waals surface area contributed by atoms with E-state index in [1.54, 1.807) is 29.2 Å². The van der Waals surface area contributed by atoms with E-state index in [0.717, 1.165) is 17.7 Å². The summed E-state index contributed by atoms with van der Waals surface area (Å²) >= 11 is 0. The number of amides is 1. The maximum atomic E-state index is 12.6. The standard InChI is InChI=1S/C21H20N2O5/c1-14-12-15-6-2-3-7-16(15)23(14)19(24)13-27-20(25)10-11-22-17-8-4-5-9-18(17)28-21(22)26/h2-9,14H,10-13H2,1H3/t14-/m0/s1. The lowest BCUT2D eigenvalue weighted by Crippen LogP contribution is -2.38. The van der Waals surface area contributed by atoms with Crippen LogP contribution in [0.2, 0.25) is 0 Å². The molecule has 28 heavy (non-hydrogen) atoms. The molecule has 0 radical (unpaired) electrons. The highest BCUT2D eigenvalue weighted by atomic mass is 16.5. The summed E-state index contributed by atoms with van der Waals surface area (Å²) in [4.78, 5) is 38.3. The summed E-state index contributed by atoms with van der Waals surface area (Å²) in [6.07, 6.45) is 0.759. The number of anilines is 1. The number of hydrogen-bond donors (Lipinski definition) is 0. The second-order valence-corrected chi connectivity index (χ2v) is 6.84. The van der Waals surface area contributed by atoms with Crippen LogP contribution >= 0.6 is 0 Å². The third-order valence-electron chi connectivity index (χ3n) is 4.95. The molecule has 3 aromatic rings. The molecule has 1 aliphatic rings. The molecule has 0 bridgehead atoms. The zero-order chi connectivity index (χ0) is 19.7. The van der Waals surface area contributed by atoms with Gasteiger partial charge in [0.05, 0.1) is 11.9 Å². The normalized spacial score (nSPS) is 15.6. The summed E-state index contributed by atoms with van der Waals surface area (Å²) in [7, 11) is 0. The number of aryl methyl sites for hydroxylation is 1. The van der Waals surface area contributed by atoms with Gasteiger partial charge in [-0.1, -0.05) is 30.3 Å². The molecule has 1 amide bonds. The van der Waals surface area contributed by atoms with Crippen molar-refractivity contribution >= 4 is 28.7 Å². The van der Waals surface area contributed by atoms with Gasteiger partial charge in [0.15, 0.2) is 12.2 Å². The summed E-state index contributed by atoms with van der Waals surface area (Å²) in [6.45, 7) is 1.78. The molecule has 4 rings (SSSR count). The SMILES string of the molecule is C[C@H]1Cc2ccccc2N1C(=O)COC(=O)CCn1c(=O)oc2ccccc21. The Morgan fingerprint density at radius 1 is 1.14 bits per heavy atom. The van der Waals surface area contributed by atoms with E-state index in [2.05, 4.69) is 0 Å². The maximum Gasteiger partial charge on any atom is 0.419 e. The lowest BCUT2D eigenvalue weighted by Gasteiger charge is -2.22. The quantitative estimate of drug-likeness (QED) is 0.635. The smallest absolute Gasteiger partial charge is 0.419 e. The van der Waals surface area contributed by atoms with E-state index >= 15 is 0 Å². The van der Waals surface area contributed by atoms with Gasteiger partial charge in [-0.2, -0.15) is 0 Å². The Labute approximate surface area is 161 Å². The van der Waals surface area contributed by atoms with E-state index in [4.69, 9.17) is 9.15 Å². The molecular formula is C21H20N2O5. The Bertz CT molecular complexity index is 1100. The van der Waals surface area contributed by atoms with E-state index in [0.29, 0.717) is 11.1 Å². The highest BCUT2D eigenvalue weighted by Gasteiger charge is 2.30. The van der Waals surface area contributed by atoms with Crippen LogP contribution in [0.4, 0.5) is 5.69 Å². The largest absolute Gasteiger partial charge is 0.455 e. The third kappa shape index (κ3) is 3.31. The summed E-state index contributed by atoms with van der Waals surface area (Å²) < 4.78 is 11.7. The number of benzene rings is 2. The van der Waals surface area contributed by atoms with Crippen molar-refractivity contribution < 1.29 is 18.7 Å². The number of carbonyl (C=O) groups excluding carboxylic acids is 2. The second-order valence-electron chi connectivity index (χ2n) is 6.84. The summed E-state index contributed by atoms with van der Waals surface area (Å²) in [5.74, 6) is -1.31. The van der Waals surface area contributed by atoms with Crippen molar-refractivity contribution in [2.75, 3.05) is 11.5 Å². The molecule has 0 saturated heterocycles. The second kappa shape index (κ2) is 7.34. The van der Waals surface area contributed by atoms with E-state index in [1.165, 1.54) is 4.57 Å². The summed E-state index contributed by atoms with van der Waals surface area (Å²) in [5, 5.41) is 0. The van der Waals surface area contributed by atoms with Crippen LogP contribution in [-0.4, -0.2) is 29.1 Å². The molecule has 2 aromatic carbocycles. The van der Waals surface area contributed by atoms with Crippen molar-refractivity contribution in [1.82, 2.24) is 4.57 Å². The van der Waals surface area contributed by atoms with Crippen LogP contribution in [0.25, 0.3) is 11.1 Å². The molecule has 1 atom stereocenters. The molecular weight excluding hydrogens is 360 g/mol. The van der Waals surface area contributed by atoms with Gasteiger partial charge >= 0.3 is 11.7 Å². The van der Waals surface area contributed by atoms with Gasteiger partial charge < -0.3 is 14.1 Å². The van der Waals surface area contributed by atoms with Gasteiger partial charge in [0, 0.05) is 18.3 Å². The number of carbonyl (C=O) groups is 2. The lowest BCUT2D eigenvalue weighted by molar-refractivity contribution is -0.148. The van der Waals surface area contributed by atoms with Crippen LogP contribution in [0, 0.1) is 0 Å². The highest BCUT2D eigenvalue weighted by molar-refractivity contribution is 5.97. The molecule has 1 aromatic heterocycles. The van der Waals surface area contributed by atoms with E-state index < -0.39 is 11.7 Å². The minimum Gasteiger partial charge on any atom is -0.455 e. The molecule has 0 unspecified atom stereocenters. The van der Waals surface area contributed by atoms with Gasteiger partial charge in [-0.15, -0.1) is 0 Å². The van der Waals surface area contributed by atoms with Crippen LogP contribution in [-0.2, 0) is 27.3 Å². The number of hydrogen-bond acceptors (Lipinski definition) is 5. The summed E-state index contributed by atoms with van der Waals surface area (Å²) in [6, 6.07) is 14.8. The van der Waals surface area contributed by atoms with Crippen LogP contribution in [0.1, 0.15) is 18.9 Å². The molecule has 2 heterocycles. The van der Waals surface area contributed by atoms with Gasteiger partial charge in [0.2, 0.25) is 0 Å². The van der Waals surface area contributed by atoms with Crippen LogP contribution < -0.4 is 10.7 Å². The first-order chi connectivity index (χ1) is 13.5. The van der Waals surface area contributed by atoms with Gasteiger partial charge in [-0.3, -0.25) is 14.2 Å². The van der Waals surface area contributed by atoms with Crippen molar-refractivity contribution in [2.24, 2.45) is 0 Å². The Morgan fingerprint density at radius 2 is 1.89 bits per heavy atom.